The Hall–Kier alpha value is -1.55. The third kappa shape index (κ3) is 4.97. The van der Waals surface area contributed by atoms with Gasteiger partial charge in [0.05, 0.1) is 6.10 Å². The molecule has 2 aliphatic rings. The molecule has 4 nitrogen and oxygen atoms in total. The van der Waals surface area contributed by atoms with Gasteiger partial charge in [0.25, 0.3) is 0 Å². The van der Waals surface area contributed by atoms with Crippen molar-refractivity contribution in [2.45, 2.75) is 64.0 Å². The summed E-state index contributed by atoms with van der Waals surface area (Å²) in [4.78, 5) is 12.2. The van der Waals surface area contributed by atoms with Crippen LogP contribution in [-0.2, 0) is 11.2 Å². The molecule has 1 aromatic carbocycles. The molecule has 2 unspecified atom stereocenters. The molecule has 0 bridgehead atoms. The molecule has 1 amide bonds. The van der Waals surface area contributed by atoms with E-state index in [1.165, 1.54) is 31.2 Å². The minimum absolute atomic E-state index is 0.151. The number of benzene rings is 1. The average Bonchev–Trinajstić information content (AvgIpc) is 3.08. The zero-order valence-electron chi connectivity index (χ0n) is 14.7. The zero-order valence-corrected chi connectivity index (χ0v) is 14.7. The quantitative estimate of drug-likeness (QED) is 0.843. The first-order valence-electron chi connectivity index (χ1n) is 9.46. The Morgan fingerprint density at radius 3 is 2.92 bits per heavy atom. The minimum atomic E-state index is 0.151. The van der Waals surface area contributed by atoms with Crippen LogP contribution in [0.15, 0.2) is 24.3 Å². The van der Waals surface area contributed by atoms with Gasteiger partial charge >= 0.3 is 0 Å². The highest BCUT2D eigenvalue weighted by Crippen LogP contribution is 2.24. The lowest BCUT2D eigenvalue weighted by Crippen LogP contribution is -2.50. The predicted molar refractivity (Wildman–Crippen MR) is 96.2 cm³/mol. The van der Waals surface area contributed by atoms with Crippen molar-refractivity contribution >= 4 is 5.91 Å². The second-order valence-electron chi connectivity index (χ2n) is 7.32. The van der Waals surface area contributed by atoms with Crippen LogP contribution < -0.4 is 15.4 Å². The first kappa shape index (κ1) is 17.3. The van der Waals surface area contributed by atoms with Gasteiger partial charge < -0.3 is 15.4 Å². The molecular weight excluding hydrogens is 300 g/mol. The molecule has 0 spiro atoms. The van der Waals surface area contributed by atoms with Gasteiger partial charge in [-0.25, -0.2) is 0 Å². The van der Waals surface area contributed by atoms with E-state index in [9.17, 15) is 4.79 Å². The van der Waals surface area contributed by atoms with Crippen molar-refractivity contribution in [2.75, 3.05) is 13.1 Å². The highest BCUT2D eigenvalue weighted by molar-refractivity contribution is 5.76. The number of carbonyl (C=O) groups is 1. The Labute approximate surface area is 145 Å². The topological polar surface area (TPSA) is 50.4 Å². The molecule has 3 rings (SSSR count). The van der Waals surface area contributed by atoms with Crippen molar-refractivity contribution in [3.05, 3.63) is 29.8 Å². The van der Waals surface area contributed by atoms with E-state index in [4.69, 9.17) is 4.74 Å². The molecular formula is C20H30N2O2. The fourth-order valence-electron chi connectivity index (χ4n) is 3.69. The number of aryl methyl sites for hydroxylation is 1. The number of amides is 1. The third-order valence-corrected chi connectivity index (χ3v) is 5.32. The Balaban J connectivity index is 1.46. The minimum Gasteiger partial charge on any atom is -0.490 e. The highest BCUT2D eigenvalue weighted by Gasteiger charge is 2.22. The van der Waals surface area contributed by atoms with Crippen molar-refractivity contribution < 1.29 is 9.53 Å². The van der Waals surface area contributed by atoms with Crippen LogP contribution in [0.2, 0.25) is 0 Å². The molecule has 2 fully saturated rings. The summed E-state index contributed by atoms with van der Waals surface area (Å²) in [7, 11) is 0. The van der Waals surface area contributed by atoms with Crippen molar-refractivity contribution in [2.24, 2.45) is 5.92 Å². The van der Waals surface area contributed by atoms with Crippen molar-refractivity contribution in [3.63, 3.8) is 0 Å². The second kappa shape index (κ2) is 8.52. The molecule has 24 heavy (non-hydrogen) atoms. The van der Waals surface area contributed by atoms with Gasteiger partial charge in [-0.1, -0.05) is 19.1 Å². The number of rotatable bonds is 6. The standard InChI is InChI=1S/C20H30N2O2/c1-15-11-12-21-14-19(15)22-20(23)10-9-16-5-4-8-18(13-16)24-17-6-2-3-7-17/h4-5,8,13,15,17,19,21H,2-3,6-7,9-12,14H2,1H3,(H,22,23). The van der Waals surface area contributed by atoms with Crippen molar-refractivity contribution in [3.8, 4) is 5.75 Å². The molecule has 0 aromatic heterocycles. The van der Waals surface area contributed by atoms with E-state index in [1.54, 1.807) is 0 Å². The van der Waals surface area contributed by atoms with Crippen LogP contribution in [0.5, 0.6) is 5.75 Å². The van der Waals surface area contributed by atoms with Crippen molar-refractivity contribution in [1.29, 1.82) is 0 Å². The first-order valence-corrected chi connectivity index (χ1v) is 9.46. The fourth-order valence-corrected chi connectivity index (χ4v) is 3.69. The molecule has 0 radical (unpaired) electrons. The van der Waals surface area contributed by atoms with Crippen LogP contribution in [-0.4, -0.2) is 31.1 Å². The Morgan fingerprint density at radius 2 is 2.12 bits per heavy atom. The van der Waals surface area contributed by atoms with E-state index in [0.717, 1.165) is 31.7 Å². The van der Waals surface area contributed by atoms with Crippen LogP contribution in [0.4, 0.5) is 0 Å². The van der Waals surface area contributed by atoms with Crippen molar-refractivity contribution in [1.82, 2.24) is 10.6 Å². The Kier molecular flexibility index (Phi) is 6.13. The lowest BCUT2D eigenvalue weighted by Gasteiger charge is -2.30. The molecule has 1 saturated carbocycles. The summed E-state index contributed by atoms with van der Waals surface area (Å²) in [6.45, 7) is 4.16. The smallest absolute Gasteiger partial charge is 0.220 e. The largest absolute Gasteiger partial charge is 0.490 e. The molecule has 1 saturated heterocycles. The third-order valence-electron chi connectivity index (χ3n) is 5.32. The molecule has 1 aromatic rings. The number of carbonyl (C=O) groups excluding carboxylic acids is 1. The molecule has 1 heterocycles. The molecule has 132 valence electrons. The summed E-state index contributed by atoms with van der Waals surface area (Å²) >= 11 is 0. The van der Waals surface area contributed by atoms with Crippen LogP contribution in [0.1, 0.15) is 51.0 Å². The number of ether oxygens (including phenoxy) is 1. The maximum Gasteiger partial charge on any atom is 0.220 e. The van der Waals surface area contributed by atoms with Crippen LogP contribution in [0, 0.1) is 5.92 Å². The molecule has 2 N–H and O–H groups in total. The van der Waals surface area contributed by atoms with E-state index < -0.39 is 0 Å². The number of hydrogen-bond donors (Lipinski definition) is 2. The van der Waals surface area contributed by atoms with E-state index in [2.05, 4.69) is 29.7 Å². The normalized spacial score (nSPS) is 24.7. The van der Waals surface area contributed by atoms with Gasteiger partial charge in [-0.15, -0.1) is 0 Å². The lowest BCUT2D eigenvalue weighted by molar-refractivity contribution is -0.122. The summed E-state index contributed by atoms with van der Waals surface area (Å²) in [5, 5.41) is 6.53. The molecule has 1 aliphatic carbocycles. The summed E-state index contributed by atoms with van der Waals surface area (Å²) in [6, 6.07) is 8.50. The Morgan fingerprint density at radius 1 is 1.29 bits per heavy atom. The first-order chi connectivity index (χ1) is 11.7. The number of piperidine rings is 1. The van der Waals surface area contributed by atoms with Gasteiger partial charge in [-0.3, -0.25) is 4.79 Å². The van der Waals surface area contributed by atoms with E-state index in [-0.39, 0.29) is 11.9 Å². The molecule has 2 atom stereocenters. The summed E-state index contributed by atoms with van der Waals surface area (Å²) in [6.07, 6.45) is 7.70. The molecule has 1 aliphatic heterocycles. The summed E-state index contributed by atoms with van der Waals surface area (Å²) in [5.74, 6) is 1.65. The Bertz CT molecular complexity index is 540. The van der Waals surface area contributed by atoms with E-state index in [0.29, 0.717) is 18.4 Å². The summed E-state index contributed by atoms with van der Waals surface area (Å²) in [5.41, 5.74) is 1.18. The van der Waals surface area contributed by atoms with E-state index in [1.807, 2.05) is 12.1 Å². The van der Waals surface area contributed by atoms with Gasteiger partial charge in [0.2, 0.25) is 5.91 Å². The maximum atomic E-state index is 12.2. The number of hydrogen-bond acceptors (Lipinski definition) is 3. The lowest BCUT2D eigenvalue weighted by atomic mass is 9.94. The van der Waals surface area contributed by atoms with Crippen LogP contribution >= 0.6 is 0 Å². The predicted octanol–water partition coefficient (Wildman–Crippen LogP) is 3.05. The van der Waals surface area contributed by atoms with Gasteiger partial charge in [0.15, 0.2) is 0 Å². The van der Waals surface area contributed by atoms with Gasteiger partial charge in [-0.2, -0.15) is 0 Å². The highest BCUT2D eigenvalue weighted by atomic mass is 16.5. The monoisotopic (exact) mass is 330 g/mol. The van der Waals surface area contributed by atoms with Crippen LogP contribution in [0.25, 0.3) is 0 Å². The van der Waals surface area contributed by atoms with Crippen LogP contribution in [0.3, 0.4) is 0 Å². The van der Waals surface area contributed by atoms with Gasteiger partial charge in [-0.05, 0) is 68.7 Å². The van der Waals surface area contributed by atoms with E-state index >= 15 is 0 Å². The average molecular weight is 330 g/mol. The summed E-state index contributed by atoms with van der Waals surface area (Å²) < 4.78 is 6.05. The maximum absolute atomic E-state index is 12.2. The number of nitrogens with one attached hydrogen (secondary N) is 2. The van der Waals surface area contributed by atoms with Gasteiger partial charge in [0.1, 0.15) is 5.75 Å². The second-order valence-corrected chi connectivity index (χ2v) is 7.32. The molecule has 4 heteroatoms. The fraction of sp³-hybridized carbons (Fsp3) is 0.650. The zero-order chi connectivity index (χ0) is 16.8. The SMILES string of the molecule is CC1CCNCC1NC(=O)CCc1cccc(OC2CCCC2)c1. The van der Waals surface area contributed by atoms with Gasteiger partial charge in [0, 0.05) is 19.0 Å².